The quantitative estimate of drug-likeness (QED) is 0.827. The molecule has 0 unspecified atom stereocenters. The van der Waals surface area contributed by atoms with Crippen molar-refractivity contribution < 1.29 is 0 Å². The lowest BCUT2D eigenvalue weighted by molar-refractivity contribution is 0.404. The van der Waals surface area contributed by atoms with E-state index in [1.54, 1.807) is 0 Å². The molecule has 0 aliphatic carbocycles. The molecule has 1 aromatic rings. The Morgan fingerprint density at radius 3 is 2.37 bits per heavy atom. The molecule has 110 valence electrons. The fraction of sp³-hybridized carbons (Fsp3) is 0.800. The SMILES string of the molecule is CCC(CC)(Cn1cncc1CNC(C)(C)C)SC. The van der Waals surface area contributed by atoms with Crippen molar-refractivity contribution in [1.29, 1.82) is 0 Å². The molecule has 0 fully saturated rings. The van der Waals surface area contributed by atoms with E-state index < -0.39 is 0 Å². The predicted octanol–water partition coefficient (Wildman–Crippen LogP) is 3.69. The molecular weight excluding hydrogens is 254 g/mol. The van der Waals surface area contributed by atoms with Gasteiger partial charge in [0, 0.05) is 29.6 Å². The van der Waals surface area contributed by atoms with Crippen molar-refractivity contribution in [2.75, 3.05) is 6.26 Å². The molecule has 0 radical (unpaired) electrons. The molecule has 0 aliphatic rings. The van der Waals surface area contributed by atoms with Gasteiger partial charge < -0.3 is 9.88 Å². The van der Waals surface area contributed by atoms with Crippen molar-refractivity contribution in [1.82, 2.24) is 14.9 Å². The van der Waals surface area contributed by atoms with Crippen LogP contribution < -0.4 is 5.32 Å². The van der Waals surface area contributed by atoms with E-state index in [-0.39, 0.29) is 5.54 Å². The fourth-order valence-electron chi connectivity index (χ4n) is 2.13. The third-order valence-electron chi connectivity index (χ3n) is 3.78. The molecule has 0 aromatic carbocycles. The lowest BCUT2D eigenvalue weighted by Gasteiger charge is -2.31. The Labute approximate surface area is 122 Å². The van der Waals surface area contributed by atoms with Crippen LogP contribution in [0.15, 0.2) is 12.5 Å². The number of nitrogens with zero attached hydrogens (tertiary/aromatic N) is 2. The number of imidazole rings is 1. The number of aromatic nitrogens is 2. The molecule has 19 heavy (non-hydrogen) atoms. The Morgan fingerprint density at radius 2 is 1.89 bits per heavy atom. The van der Waals surface area contributed by atoms with E-state index in [4.69, 9.17) is 0 Å². The third kappa shape index (κ3) is 4.84. The monoisotopic (exact) mass is 283 g/mol. The Bertz CT molecular complexity index is 367. The lowest BCUT2D eigenvalue weighted by atomic mass is 10.0. The summed E-state index contributed by atoms with van der Waals surface area (Å²) in [5.41, 5.74) is 1.41. The van der Waals surface area contributed by atoms with E-state index in [1.807, 2.05) is 24.3 Å². The van der Waals surface area contributed by atoms with E-state index in [1.165, 1.54) is 18.5 Å². The van der Waals surface area contributed by atoms with Crippen molar-refractivity contribution in [3.8, 4) is 0 Å². The molecule has 0 saturated heterocycles. The summed E-state index contributed by atoms with van der Waals surface area (Å²) in [5.74, 6) is 0. The maximum absolute atomic E-state index is 4.32. The van der Waals surface area contributed by atoms with Crippen LogP contribution in [0, 0.1) is 0 Å². The van der Waals surface area contributed by atoms with Crippen LogP contribution in [0.5, 0.6) is 0 Å². The standard InChI is InChI=1S/C15H29N3S/c1-7-15(8-2,19-6)11-18-12-16-9-13(18)10-17-14(3,4)5/h9,12,17H,7-8,10-11H2,1-6H3. The smallest absolute Gasteiger partial charge is 0.0949 e. The molecule has 0 amide bonds. The molecule has 0 bridgehead atoms. The molecule has 1 heterocycles. The zero-order chi connectivity index (χ0) is 14.5. The second-order valence-corrected chi connectivity index (χ2v) is 7.48. The van der Waals surface area contributed by atoms with Crippen molar-refractivity contribution in [2.45, 2.75) is 70.8 Å². The largest absolute Gasteiger partial charge is 0.332 e. The highest BCUT2D eigenvalue weighted by Gasteiger charge is 2.26. The molecular formula is C15H29N3S. The van der Waals surface area contributed by atoms with Crippen LogP contribution in [0.2, 0.25) is 0 Å². The van der Waals surface area contributed by atoms with Crippen LogP contribution >= 0.6 is 11.8 Å². The van der Waals surface area contributed by atoms with Crippen molar-refractivity contribution in [2.24, 2.45) is 0 Å². The maximum Gasteiger partial charge on any atom is 0.0949 e. The van der Waals surface area contributed by atoms with Crippen LogP contribution in [-0.4, -0.2) is 26.1 Å². The van der Waals surface area contributed by atoms with E-state index in [2.05, 4.69) is 55.7 Å². The topological polar surface area (TPSA) is 29.9 Å². The van der Waals surface area contributed by atoms with E-state index in [0.29, 0.717) is 4.75 Å². The molecule has 1 aromatic heterocycles. The highest BCUT2D eigenvalue weighted by Crippen LogP contribution is 2.32. The molecule has 0 spiro atoms. The second-order valence-electron chi connectivity index (χ2n) is 6.21. The van der Waals surface area contributed by atoms with E-state index >= 15 is 0 Å². The lowest BCUT2D eigenvalue weighted by Crippen LogP contribution is -2.36. The second kappa shape index (κ2) is 6.80. The van der Waals surface area contributed by atoms with Crippen LogP contribution in [0.25, 0.3) is 0 Å². The van der Waals surface area contributed by atoms with Crippen molar-refractivity contribution in [3.05, 3.63) is 18.2 Å². The molecule has 1 N–H and O–H groups in total. The summed E-state index contributed by atoms with van der Waals surface area (Å²) in [7, 11) is 0. The zero-order valence-corrected chi connectivity index (χ0v) is 14.1. The summed E-state index contributed by atoms with van der Waals surface area (Å²) in [4.78, 5) is 4.32. The minimum Gasteiger partial charge on any atom is -0.332 e. The fourth-order valence-corrected chi connectivity index (χ4v) is 2.98. The predicted molar refractivity (Wildman–Crippen MR) is 85.6 cm³/mol. The number of hydrogen-bond acceptors (Lipinski definition) is 3. The minimum absolute atomic E-state index is 0.140. The highest BCUT2D eigenvalue weighted by atomic mass is 32.2. The van der Waals surface area contributed by atoms with Gasteiger partial charge in [0.2, 0.25) is 0 Å². The van der Waals surface area contributed by atoms with Gasteiger partial charge in [0.05, 0.1) is 12.0 Å². The van der Waals surface area contributed by atoms with Gasteiger partial charge in [0.25, 0.3) is 0 Å². The molecule has 3 nitrogen and oxygen atoms in total. The van der Waals surface area contributed by atoms with E-state index in [0.717, 1.165) is 13.1 Å². The highest BCUT2D eigenvalue weighted by molar-refractivity contribution is 8.00. The molecule has 0 saturated carbocycles. The Hall–Kier alpha value is -0.480. The van der Waals surface area contributed by atoms with Gasteiger partial charge in [0.15, 0.2) is 0 Å². The van der Waals surface area contributed by atoms with Gasteiger partial charge in [-0.1, -0.05) is 13.8 Å². The first-order chi connectivity index (χ1) is 8.86. The van der Waals surface area contributed by atoms with Gasteiger partial charge in [-0.15, -0.1) is 0 Å². The average molecular weight is 283 g/mol. The Balaban J connectivity index is 2.77. The number of hydrogen-bond donors (Lipinski definition) is 1. The Morgan fingerprint density at radius 1 is 1.26 bits per heavy atom. The first-order valence-corrected chi connectivity index (χ1v) is 8.37. The first-order valence-electron chi connectivity index (χ1n) is 7.15. The molecule has 0 aliphatic heterocycles. The van der Waals surface area contributed by atoms with Gasteiger partial charge in [-0.2, -0.15) is 11.8 Å². The van der Waals surface area contributed by atoms with E-state index in [9.17, 15) is 0 Å². The molecule has 1 rings (SSSR count). The Kier molecular flexibility index (Phi) is 5.93. The maximum atomic E-state index is 4.32. The summed E-state index contributed by atoms with van der Waals surface area (Å²) < 4.78 is 2.64. The summed E-state index contributed by atoms with van der Waals surface area (Å²) >= 11 is 1.98. The van der Waals surface area contributed by atoms with Gasteiger partial charge in [0.1, 0.15) is 0 Å². The van der Waals surface area contributed by atoms with Crippen LogP contribution in [0.3, 0.4) is 0 Å². The number of rotatable bonds is 7. The summed E-state index contributed by atoms with van der Waals surface area (Å²) in [6, 6.07) is 0. The van der Waals surface area contributed by atoms with Crippen LogP contribution in [0.4, 0.5) is 0 Å². The first kappa shape index (κ1) is 16.6. The van der Waals surface area contributed by atoms with Gasteiger partial charge in [-0.05, 0) is 39.9 Å². The van der Waals surface area contributed by atoms with Crippen LogP contribution in [0.1, 0.15) is 53.2 Å². The summed E-state index contributed by atoms with van der Waals surface area (Å²) in [5, 5.41) is 3.54. The van der Waals surface area contributed by atoms with Gasteiger partial charge >= 0.3 is 0 Å². The molecule has 0 atom stereocenters. The average Bonchev–Trinajstić information content (AvgIpc) is 2.80. The zero-order valence-electron chi connectivity index (χ0n) is 13.3. The third-order valence-corrected chi connectivity index (χ3v) is 5.35. The van der Waals surface area contributed by atoms with Crippen molar-refractivity contribution in [3.63, 3.8) is 0 Å². The summed E-state index contributed by atoms with van der Waals surface area (Å²) in [6.45, 7) is 13.1. The van der Waals surface area contributed by atoms with Crippen LogP contribution in [-0.2, 0) is 13.1 Å². The number of thioether (sulfide) groups is 1. The van der Waals surface area contributed by atoms with Gasteiger partial charge in [-0.3, -0.25) is 0 Å². The summed E-state index contributed by atoms with van der Waals surface area (Å²) in [6.07, 6.45) is 8.55. The minimum atomic E-state index is 0.140. The molecule has 4 heteroatoms. The number of nitrogens with one attached hydrogen (secondary N) is 1. The van der Waals surface area contributed by atoms with Gasteiger partial charge in [-0.25, -0.2) is 4.98 Å². The van der Waals surface area contributed by atoms with Crippen molar-refractivity contribution >= 4 is 11.8 Å². The normalized spacial score (nSPS) is 12.9.